The highest BCUT2D eigenvalue weighted by atomic mass is 32.1. The van der Waals surface area contributed by atoms with Crippen LogP contribution in [-0.4, -0.2) is 24.6 Å². The molecule has 0 spiro atoms. The van der Waals surface area contributed by atoms with Gasteiger partial charge in [-0.15, -0.1) is 0 Å². The molecule has 0 amide bonds. The molecule has 3 rings (SSSR count). The Bertz CT molecular complexity index is 1100. The number of aromatic nitrogens is 1. The van der Waals surface area contributed by atoms with Crippen LogP contribution in [0.25, 0.3) is 0 Å². The van der Waals surface area contributed by atoms with E-state index < -0.39 is 24.2 Å². The summed E-state index contributed by atoms with van der Waals surface area (Å²) in [6, 6.07) is 8.34. The molecule has 0 fully saturated rings. The second-order valence-electron chi connectivity index (χ2n) is 6.80. The van der Waals surface area contributed by atoms with Crippen LogP contribution in [0.5, 0.6) is 11.6 Å². The topological polar surface area (TPSA) is 69.7 Å². The van der Waals surface area contributed by atoms with Crippen molar-refractivity contribution >= 4 is 22.5 Å². The van der Waals surface area contributed by atoms with Crippen LogP contribution in [0.1, 0.15) is 32.6 Å². The van der Waals surface area contributed by atoms with Gasteiger partial charge in [0.25, 0.3) is 0 Å². The van der Waals surface area contributed by atoms with Crippen molar-refractivity contribution < 1.29 is 27.8 Å². The average molecular weight is 448 g/mol. The van der Waals surface area contributed by atoms with Gasteiger partial charge in [0, 0.05) is 6.54 Å². The molecule has 2 aromatic carbocycles. The molecule has 1 aromatic heterocycles. The molecule has 1 N–H and O–H groups in total. The van der Waals surface area contributed by atoms with Crippen molar-refractivity contribution in [2.45, 2.75) is 27.0 Å². The second kappa shape index (κ2) is 9.74. The summed E-state index contributed by atoms with van der Waals surface area (Å²) in [4.78, 5) is 12.3. The smallest absolute Gasteiger partial charge is 0.346 e. The first-order chi connectivity index (χ1) is 14.8. The number of esters is 1. The standard InChI is InChI=1S/C22H22F2N2O4S/c1-12-5-6-14(13(2)9-12)10-25-21-18(22(27)29-4)20(26-31-21)30-11-15-16(23)7-8-17(28-3)19(15)24/h5-9,25H,10-11H2,1-4H3. The van der Waals surface area contributed by atoms with E-state index >= 15 is 0 Å². The molecule has 164 valence electrons. The van der Waals surface area contributed by atoms with Crippen LogP contribution in [0.4, 0.5) is 13.8 Å². The Labute approximate surface area is 182 Å². The van der Waals surface area contributed by atoms with Crippen molar-refractivity contribution in [1.82, 2.24) is 4.37 Å². The van der Waals surface area contributed by atoms with Crippen molar-refractivity contribution in [2.75, 3.05) is 19.5 Å². The van der Waals surface area contributed by atoms with Crippen LogP contribution in [0.2, 0.25) is 0 Å². The Morgan fingerprint density at radius 2 is 1.94 bits per heavy atom. The maximum Gasteiger partial charge on any atom is 0.346 e. The molecule has 0 atom stereocenters. The van der Waals surface area contributed by atoms with Gasteiger partial charge in [-0.1, -0.05) is 23.8 Å². The third-order valence-corrected chi connectivity index (χ3v) is 5.50. The number of hydrogen-bond acceptors (Lipinski definition) is 7. The van der Waals surface area contributed by atoms with Gasteiger partial charge in [0.15, 0.2) is 17.1 Å². The summed E-state index contributed by atoms with van der Waals surface area (Å²) >= 11 is 1.00. The number of halogens is 2. The lowest BCUT2D eigenvalue weighted by atomic mass is 10.1. The summed E-state index contributed by atoms with van der Waals surface area (Å²) in [6.45, 7) is 4.00. The molecular weight excluding hydrogens is 426 g/mol. The number of carbonyl (C=O) groups is 1. The first-order valence-corrected chi connectivity index (χ1v) is 10.1. The fraction of sp³-hybridized carbons (Fsp3) is 0.273. The molecule has 31 heavy (non-hydrogen) atoms. The SMILES string of the molecule is COC(=O)c1c(OCc2c(F)ccc(OC)c2F)nsc1NCc1ccc(C)cc1C. The van der Waals surface area contributed by atoms with Crippen LogP contribution in [0, 0.1) is 25.5 Å². The van der Waals surface area contributed by atoms with E-state index in [0.29, 0.717) is 11.5 Å². The molecule has 1 heterocycles. The van der Waals surface area contributed by atoms with Crippen molar-refractivity contribution in [3.05, 3.63) is 69.8 Å². The summed E-state index contributed by atoms with van der Waals surface area (Å²) in [5.41, 5.74) is 3.06. The van der Waals surface area contributed by atoms with Gasteiger partial charge in [-0.25, -0.2) is 13.6 Å². The minimum absolute atomic E-state index is 0.0680. The predicted molar refractivity (Wildman–Crippen MR) is 114 cm³/mol. The van der Waals surface area contributed by atoms with Crippen LogP contribution in [0.15, 0.2) is 30.3 Å². The van der Waals surface area contributed by atoms with Gasteiger partial charge in [-0.3, -0.25) is 0 Å². The maximum absolute atomic E-state index is 14.4. The zero-order valence-electron chi connectivity index (χ0n) is 17.5. The van der Waals surface area contributed by atoms with Crippen LogP contribution < -0.4 is 14.8 Å². The molecule has 3 aromatic rings. The Balaban J connectivity index is 1.82. The zero-order chi connectivity index (χ0) is 22.5. The summed E-state index contributed by atoms with van der Waals surface area (Å²) in [6.07, 6.45) is 0. The van der Waals surface area contributed by atoms with E-state index in [1.807, 2.05) is 26.0 Å². The lowest BCUT2D eigenvalue weighted by Crippen LogP contribution is -2.10. The molecule has 0 bridgehead atoms. The zero-order valence-corrected chi connectivity index (χ0v) is 18.4. The van der Waals surface area contributed by atoms with Crippen molar-refractivity contribution in [1.29, 1.82) is 0 Å². The number of benzene rings is 2. The fourth-order valence-electron chi connectivity index (χ4n) is 3.00. The minimum atomic E-state index is -0.870. The lowest BCUT2D eigenvalue weighted by molar-refractivity contribution is 0.0596. The molecule has 0 aliphatic heterocycles. The molecular formula is C22H22F2N2O4S. The number of ether oxygens (including phenoxy) is 3. The largest absolute Gasteiger partial charge is 0.494 e. The number of anilines is 1. The Morgan fingerprint density at radius 3 is 2.61 bits per heavy atom. The van der Waals surface area contributed by atoms with E-state index in [9.17, 15) is 13.6 Å². The first-order valence-electron chi connectivity index (χ1n) is 9.37. The van der Waals surface area contributed by atoms with E-state index in [-0.39, 0.29) is 22.8 Å². The van der Waals surface area contributed by atoms with E-state index in [2.05, 4.69) is 15.8 Å². The molecule has 0 unspecified atom stereocenters. The molecule has 0 saturated heterocycles. The lowest BCUT2D eigenvalue weighted by Gasteiger charge is -2.11. The van der Waals surface area contributed by atoms with E-state index in [1.165, 1.54) is 20.3 Å². The van der Waals surface area contributed by atoms with E-state index in [1.54, 1.807) is 0 Å². The quantitative estimate of drug-likeness (QED) is 0.488. The highest BCUT2D eigenvalue weighted by molar-refractivity contribution is 7.10. The number of carbonyl (C=O) groups excluding carboxylic acids is 1. The highest BCUT2D eigenvalue weighted by Gasteiger charge is 2.24. The summed E-state index contributed by atoms with van der Waals surface area (Å²) in [7, 11) is 2.52. The van der Waals surface area contributed by atoms with Crippen LogP contribution in [-0.2, 0) is 17.9 Å². The molecule has 6 nitrogen and oxygen atoms in total. The van der Waals surface area contributed by atoms with Gasteiger partial charge < -0.3 is 19.5 Å². The van der Waals surface area contributed by atoms with E-state index in [0.717, 1.165) is 34.3 Å². The first kappa shape index (κ1) is 22.5. The number of rotatable bonds is 8. The molecule has 0 saturated carbocycles. The van der Waals surface area contributed by atoms with Gasteiger partial charge in [0.05, 0.1) is 19.8 Å². The average Bonchev–Trinajstić information content (AvgIpc) is 3.15. The maximum atomic E-state index is 14.4. The molecule has 0 aliphatic rings. The minimum Gasteiger partial charge on any atom is -0.494 e. The van der Waals surface area contributed by atoms with Gasteiger partial charge >= 0.3 is 5.97 Å². The molecule has 0 radical (unpaired) electrons. The summed E-state index contributed by atoms with van der Waals surface area (Å²) < 4.78 is 47.8. The fourth-order valence-corrected chi connectivity index (χ4v) is 3.72. The van der Waals surface area contributed by atoms with Gasteiger partial charge in [-0.2, -0.15) is 4.37 Å². The predicted octanol–water partition coefficient (Wildman–Crippen LogP) is 5.02. The number of nitrogens with one attached hydrogen (secondary N) is 1. The van der Waals surface area contributed by atoms with Crippen molar-refractivity contribution in [2.24, 2.45) is 0 Å². The van der Waals surface area contributed by atoms with Crippen LogP contribution >= 0.6 is 11.5 Å². The molecule has 0 aliphatic carbocycles. The number of hydrogen-bond donors (Lipinski definition) is 1. The number of aryl methyl sites for hydroxylation is 2. The third kappa shape index (κ3) is 4.93. The Kier molecular flexibility index (Phi) is 7.06. The van der Waals surface area contributed by atoms with Crippen molar-refractivity contribution in [3.8, 4) is 11.6 Å². The number of methoxy groups -OCH3 is 2. The van der Waals surface area contributed by atoms with Gasteiger partial charge in [0.2, 0.25) is 5.88 Å². The molecule has 9 heteroatoms. The summed E-state index contributed by atoms with van der Waals surface area (Å²) in [5, 5.41) is 3.61. The normalized spacial score (nSPS) is 10.6. The van der Waals surface area contributed by atoms with Gasteiger partial charge in [-0.05, 0) is 48.6 Å². The van der Waals surface area contributed by atoms with E-state index in [4.69, 9.17) is 14.2 Å². The third-order valence-electron chi connectivity index (χ3n) is 4.71. The highest BCUT2D eigenvalue weighted by Crippen LogP contribution is 2.33. The summed E-state index contributed by atoms with van der Waals surface area (Å²) in [5.74, 6) is -2.51. The number of nitrogens with zero attached hydrogens (tertiary/aromatic N) is 1. The van der Waals surface area contributed by atoms with Crippen molar-refractivity contribution in [3.63, 3.8) is 0 Å². The van der Waals surface area contributed by atoms with Crippen LogP contribution in [0.3, 0.4) is 0 Å². The Morgan fingerprint density at radius 1 is 1.16 bits per heavy atom. The Hall–Kier alpha value is -3.20. The monoisotopic (exact) mass is 448 g/mol. The second-order valence-corrected chi connectivity index (χ2v) is 7.57. The van der Waals surface area contributed by atoms with Gasteiger partial charge in [0.1, 0.15) is 17.4 Å².